The number of hydrogen-bond donors (Lipinski definition) is 0. The molecular weight excluding hydrogens is 218 g/mol. The lowest BCUT2D eigenvalue weighted by Gasteiger charge is -2.27. The first-order valence-electron chi connectivity index (χ1n) is 5.63. The number of hydrogen-bond acceptors (Lipinski definition) is 5. The summed E-state index contributed by atoms with van der Waals surface area (Å²) < 4.78 is 10.6. The van der Waals surface area contributed by atoms with Gasteiger partial charge in [-0.2, -0.15) is 0 Å². The van der Waals surface area contributed by atoms with Gasteiger partial charge in [-0.15, -0.1) is 0 Å². The van der Waals surface area contributed by atoms with Crippen molar-refractivity contribution < 1.29 is 9.15 Å². The van der Waals surface area contributed by atoms with Crippen molar-refractivity contribution in [3.63, 3.8) is 0 Å². The molecule has 0 radical (unpaired) electrons. The van der Waals surface area contributed by atoms with E-state index >= 15 is 0 Å². The molecule has 0 saturated carbocycles. The van der Waals surface area contributed by atoms with Crippen LogP contribution in [0.15, 0.2) is 35.1 Å². The molecule has 0 bridgehead atoms. The van der Waals surface area contributed by atoms with Gasteiger partial charge in [-0.1, -0.05) is 0 Å². The molecular formula is C12H13N3O2. The summed E-state index contributed by atoms with van der Waals surface area (Å²) in [6.07, 6.45) is 3.38. The van der Waals surface area contributed by atoms with Crippen molar-refractivity contribution in [2.75, 3.05) is 31.2 Å². The molecule has 0 spiro atoms. The van der Waals surface area contributed by atoms with Crippen LogP contribution < -0.4 is 4.90 Å². The smallest absolute Gasteiger partial charge is 0.197 e. The van der Waals surface area contributed by atoms with E-state index in [4.69, 9.17) is 9.15 Å². The third-order valence-electron chi connectivity index (χ3n) is 2.72. The topological polar surface area (TPSA) is 51.4 Å². The Labute approximate surface area is 99.0 Å². The van der Waals surface area contributed by atoms with Crippen molar-refractivity contribution >= 4 is 5.82 Å². The van der Waals surface area contributed by atoms with Crippen LogP contribution in [-0.4, -0.2) is 36.3 Å². The van der Waals surface area contributed by atoms with E-state index in [-0.39, 0.29) is 0 Å². The van der Waals surface area contributed by atoms with Crippen molar-refractivity contribution in [3.8, 4) is 11.6 Å². The van der Waals surface area contributed by atoms with Gasteiger partial charge in [0.25, 0.3) is 0 Å². The summed E-state index contributed by atoms with van der Waals surface area (Å²) in [5.74, 6) is 2.24. The summed E-state index contributed by atoms with van der Waals surface area (Å²) in [5.41, 5.74) is 0. The molecule has 0 atom stereocenters. The molecule has 1 aliphatic rings. The monoisotopic (exact) mass is 231 g/mol. The van der Waals surface area contributed by atoms with Crippen LogP contribution in [0.1, 0.15) is 0 Å². The number of anilines is 1. The van der Waals surface area contributed by atoms with Gasteiger partial charge in [0.15, 0.2) is 11.6 Å². The maximum Gasteiger partial charge on any atom is 0.197 e. The van der Waals surface area contributed by atoms with Crippen molar-refractivity contribution in [2.24, 2.45) is 0 Å². The molecule has 0 amide bonds. The molecule has 0 aromatic carbocycles. The van der Waals surface area contributed by atoms with E-state index in [1.807, 2.05) is 18.2 Å². The van der Waals surface area contributed by atoms with Gasteiger partial charge < -0.3 is 14.1 Å². The molecule has 17 heavy (non-hydrogen) atoms. The van der Waals surface area contributed by atoms with Gasteiger partial charge in [0.05, 0.1) is 19.5 Å². The molecule has 1 aliphatic heterocycles. The fourth-order valence-corrected chi connectivity index (χ4v) is 1.84. The lowest BCUT2D eigenvalue weighted by molar-refractivity contribution is 0.122. The highest BCUT2D eigenvalue weighted by molar-refractivity contribution is 5.50. The average molecular weight is 231 g/mol. The van der Waals surface area contributed by atoms with E-state index in [1.165, 1.54) is 0 Å². The van der Waals surface area contributed by atoms with Gasteiger partial charge in [-0.05, 0) is 18.2 Å². The van der Waals surface area contributed by atoms with Crippen LogP contribution in [0.25, 0.3) is 11.6 Å². The Hall–Kier alpha value is -1.88. The first kappa shape index (κ1) is 10.3. The third kappa shape index (κ3) is 2.14. The van der Waals surface area contributed by atoms with Gasteiger partial charge >= 0.3 is 0 Å². The standard InChI is InChI=1S/C12H13N3O2/c1-2-10(17-7-1)12-13-4-3-11(14-12)15-5-8-16-9-6-15/h1-4,7H,5-6,8-9H2. The predicted octanol–water partition coefficient (Wildman–Crippen LogP) is 1.57. The van der Waals surface area contributed by atoms with Crippen LogP contribution in [0.2, 0.25) is 0 Å². The Morgan fingerprint density at radius 3 is 2.82 bits per heavy atom. The maximum absolute atomic E-state index is 5.32. The van der Waals surface area contributed by atoms with Gasteiger partial charge in [0, 0.05) is 19.3 Å². The summed E-state index contributed by atoms with van der Waals surface area (Å²) >= 11 is 0. The normalized spacial score (nSPS) is 16.1. The maximum atomic E-state index is 5.32. The predicted molar refractivity (Wildman–Crippen MR) is 62.8 cm³/mol. The fourth-order valence-electron chi connectivity index (χ4n) is 1.84. The fraction of sp³-hybridized carbons (Fsp3) is 0.333. The van der Waals surface area contributed by atoms with E-state index < -0.39 is 0 Å². The first-order chi connectivity index (χ1) is 8.43. The van der Waals surface area contributed by atoms with E-state index in [2.05, 4.69) is 14.9 Å². The Kier molecular flexibility index (Phi) is 2.75. The molecule has 0 aliphatic carbocycles. The summed E-state index contributed by atoms with van der Waals surface area (Å²) in [6.45, 7) is 3.24. The minimum atomic E-state index is 0.624. The van der Waals surface area contributed by atoms with Crippen molar-refractivity contribution in [1.29, 1.82) is 0 Å². The zero-order valence-electron chi connectivity index (χ0n) is 9.37. The second kappa shape index (κ2) is 4.55. The minimum absolute atomic E-state index is 0.624. The minimum Gasteiger partial charge on any atom is -0.461 e. The molecule has 88 valence electrons. The van der Waals surface area contributed by atoms with Gasteiger partial charge in [0.1, 0.15) is 5.82 Å². The highest BCUT2D eigenvalue weighted by Crippen LogP contribution is 2.19. The lowest BCUT2D eigenvalue weighted by atomic mass is 10.3. The Morgan fingerprint density at radius 1 is 1.18 bits per heavy atom. The molecule has 5 heteroatoms. The van der Waals surface area contributed by atoms with Gasteiger partial charge in [-0.3, -0.25) is 0 Å². The van der Waals surface area contributed by atoms with E-state index in [9.17, 15) is 0 Å². The molecule has 3 heterocycles. The van der Waals surface area contributed by atoms with Crippen LogP contribution in [0.5, 0.6) is 0 Å². The van der Waals surface area contributed by atoms with Crippen LogP contribution in [-0.2, 0) is 4.74 Å². The van der Waals surface area contributed by atoms with Crippen LogP contribution in [0, 0.1) is 0 Å². The van der Waals surface area contributed by atoms with Crippen molar-refractivity contribution in [1.82, 2.24) is 9.97 Å². The number of furan rings is 1. The average Bonchev–Trinajstić information content (AvgIpc) is 2.94. The molecule has 2 aromatic heterocycles. The zero-order chi connectivity index (χ0) is 11.5. The third-order valence-corrected chi connectivity index (χ3v) is 2.72. The number of nitrogens with zero attached hydrogens (tertiary/aromatic N) is 3. The number of ether oxygens (including phenoxy) is 1. The Bertz CT molecular complexity index is 478. The second-order valence-electron chi connectivity index (χ2n) is 3.82. The summed E-state index contributed by atoms with van der Waals surface area (Å²) in [6, 6.07) is 5.61. The zero-order valence-corrected chi connectivity index (χ0v) is 9.37. The van der Waals surface area contributed by atoms with Crippen molar-refractivity contribution in [3.05, 3.63) is 30.7 Å². The van der Waals surface area contributed by atoms with E-state index in [0.717, 1.165) is 32.1 Å². The number of morpholine rings is 1. The molecule has 0 N–H and O–H groups in total. The highest BCUT2D eigenvalue weighted by Gasteiger charge is 2.14. The van der Waals surface area contributed by atoms with Crippen LogP contribution in [0.3, 0.4) is 0 Å². The molecule has 0 unspecified atom stereocenters. The first-order valence-corrected chi connectivity index (χ1v) is 5.63. The van der Waals surface area contributed by atoms with E-state index in [1.54, 1.807) is 12.5 Å². The Morgan fingerprint density at radius 2 is 2.06 bits per heavy atom. The van der Waals surface area contributed by atoms with Gasteiger partial charge in [0.2, 0.25) is 0 Å². The number of aromatic nitrogens is 2. The van der Waals surface area contributed by atoms with Crippen LogP contribution in [0.4, 0.5) is 5.82 Å². The molecule has 2 aromatic rings. The summed E-state index contributed by atoms with van der Waals surface area (Å²) in [4.78, 5) is 10.9. The molecule has 5 nitrogen and oxygen atoms in total. The van der Waals surface area contributed by atoms with Gasteiger partial charge in [-0.25, -0.2) is 9.97 Å². The quantitative estimate of drug-likeness (QED) is 0.785. The summed E-state index contributed by atoms with van der Waals surface area (Å²) in [7, 11) is 0. The van der Waals surface area contributed by atoms with Crippen LogP contribution >= 0.6 is 0 Å². The second-order valence-corrected chi connectivity index (χ2v) is 3.82. The lowest BCUT2D eigenvalue weighted by Crippen LogP contribution is -2.36. The Balaban J connectivity index is 1.88. The van der Waals surface area contributed by atoms with Crippen molar-refractivity contribution in [2.45, 2.75) is 0 Å². The molecule has 1 fully saturated rings. The molecule has 3 rings (SSSR count). The highest BCUT2D eigenvalue weighted by atomic mass is 16.5. The molecule has 1 saturated heterocycles. The number of rotatable bonds is 2. The van der Waals surface area contributed by atoms with E-state index in [0.29, 0.717) is 11.6 Å². The SMILES string of the molecule is c1coc(-c2nccc(N3CCOCC3)n2)c1. The summed E-state index contributed by atoms with van der Waals surface area (Å²) in [5, 5.41) is 0. The largest absolute Gasteiger partial charge is 0.461 e.